The molecule has 6 heteroatoms. The molecule has 2 heterocycles. The van der Waals surface area contributed by atoms with E-state index in [9.17, 15) is 0 Å². The average molecular weight is 297 g/mol. The number of hydrogen-bond donors (Lipinski definition) is 1. The monoisotopic (exact) mass is 297 g/mol. The molecule has 0 saturated heterocycles. The van der Waals surface area contributed by atoms with Crippen molar-refractivity contribution in [2.24, 2.45) is 0 Å². The van der Waals surface area contributed by atoms with Gasteiger partial charge < -0.3 is 10.1 Å². The van der Waals surface area contributed by atoms with E-state index in [1.165, 1.54) is 10.6 Å². The van der Waals surface area contributed by atoms with E-state index in [4.69, 9.17) is 4.74 Å². The fraction of sp³-hybridized carbons (Fsp3) is 0.538. The second-order valence-electron chi connectivity index (χ2n) is 4.22. The molecule has 19 heavy (non-hydrogen) atoms. The summed E-state index contributed by atoms with van der Waals surface area (Å²) in [6.07, 6.45) is 2.13. The molecule has 1 N–H and O–H groups in total. The molecule has 0 aromatic carbocycles. The van der Waals surface area contributed by atoms with E-state index in [0.29, 0.717) is 6.61 Å². The van der Waals surface area contributed by atoms with Gasteiger partial charge in [-0.05, 0) is 13.3 Å². The van der Waals surface area contributed by atoms with Gasteiger partial charge in [0.15, 0.2) is 5.13 Å². The Hall–Kier alpha value is -0.980. The van der Waals surface area contributed by atoms with E-state index in [2.05, 4.69) is 34.5 Å². The van der Waals surface area contributed by atoms with E-state index in [1.54, 1.807) is 29.8 Å². The van der Waals surface area contributed by atoms with Crippen molar-refractivity contribution in [3.05, 3.63) is 16.1 Å². The quantitative estimate of drug-likeness (QED) is 0.793. The lowest BCUT2D eigenvalue weighted by Crippen LogP contribution is -2.07. The highest BCUT2D eigenvalue weighted by atomic mass is 32.1. The van der Waals surface area contributed by atoms with Crippen LogP contribution in [0.1, 0.15) is 24.0 Å². The molecule has 0 unspecified atom stereocenters. The highest BCUT2D eigenvalue weighted by Crippen LogP contribution is 2.33. The smallest absolute Gasteiger partial charge is 0.183 e. The van der Waals surface area contributed by atoms with Crippen LogP contribution in [0.25, 0.3) is 10.6 Å². The number of aryl methyl sites for hydroxylation is 2. The van der Waals surface area contributed by atoms with Crippen LogP contribution in [-0.4, -0.2) is 30.2 Å². The standard InChI is InChI=1S/C13H19N3OS2/c1-4-5-10-12(19-9(2)15-10)11-8-18-13(16-11)14-6-7-17-3/h8H,4-7H2,1-3H3,(H,14,16). The zero-order valence-corrected chi connectivity index (χ0v) is 13.2. The van der Waals surface area contributed by atoms with E-state index >= 15 is 0 Å². The Bertz CT molecular complexity index is 522. The predicted octanol–water partition coefficient (Wildman–Crippen LogP) is 3.59. The average Bonchev–Trinajstić information content (AvgIpc) is 2.97. The van der Waals surface area contributed by atoms with Gasteiger partial charge in [0.2, 0.25) is 0 Å². The van der Waals surface area contributed by atoms with Gasteiger partial charge in [-0.1, -0.05) is 13.3 Å². The van der Waals surface area contributed by atoms with Crippen LogP contribution in [0, 0.1) is 6.92 Å². The van der Waals surface area contributed by atoms with Crippen molar-refractivity contribution in [2.45, 2.75) is 26.7 Å². The first kappa shape index (κ1) is 14.4. The van der Waals surface area contributed by atoms with Gasteiger partial charge in [0, 0.05) is 19.0 Å². The molecule has 2 aromatic rings. The minimum absolute atomic E-state index is 0.690. The molecule has 0 radical (unpaired) electrons. The maximum Gasteiger partial charge on any atom is 0.183 e. The lowest BCUT2D eigenvalue weighted by molar-refractivity contribution is 0.211. The molecule has 0 saturated carbocycles. The third kappa shape index (κ3) is 3.75. The van der Waals surface area contributed by atoms with Crippen LogP contribution in [0.5, 0.6) is 0 Å². The van der Waals surface area contributed by atoms with Gasteiger partial charge in [0.1, 0.15) is 0 Å². The van der Waals surface area contributed by atoms with E-state index in [-0.39, 0.29) is 0 Å². The second kappa shape index (κ2) is 6.98. The Morgan fingerprint density at radius 1 is 1.37 bits per heavy atom. The summed E-state index contributed by atoms with van der Waals surface area (Å²) in [6, 6.07) is 0. The topological polar surface area (TPSA) is 47.0 Å². The van der Waals surface area contributed by atoms with Crippen LogP contribution in [0.2, 0.25) is 0 Å². The molecule has 0 atom stereocenters. The normalized spacial score (nSPS) is 10.9. The van der Waals surface area contributed by atoms with E-state index in [0.717, 1.165) is 35.2 Å². The molecular formula is C13H19N3OS2. The Balaban J connectivity index is 2.13. The molecule has 0 amide bonds. The number of anilines is 1. The van der Waals surface area contributed by atoms with Crippen molar-refractivity contribution in [2.75, 3.05) is 25.6 Å². The summed E-state index contributed by atoms with van der Waals surface area (Å²) in [5.41, 5.74) is 2.22. The number of nitrogens with one attached hydrogen (secondary N) is 1. The third-order valence-corrected chi connectivity index (χ3v) is 4.45. The first-order valence-electron chi connectivity index (χ1n) is 6.39. The van der Waals surface area contributed by atoms with Crippen LogP contribution in [0.15, 0.2) is 5.38 Å². The van der Waals surface area contributed by atoms with Crippen molar-refractivity contribution in [3.63, 3.8) is 0 Å². The zero-order chi connectivity index (χ0) is 13.7. The minimum atomic E-state index is 0.690. The first-order valence-corrected chi connectivity index (χ1v) is 8.09. The SMILES string of the molecule is CCCc1nc(C)sc1-c1csc(NCCOC)n1. The maximum absolute atomic E-state index is 5.02. The summed E-state index contributed by atoms with van der Waals surface area (Å²) in [7, 11) is 1.70. The number of rotatable bonds is 7. The van der Waals surface area contributed by atoms with Crippen molar-refractivity contribution in [1.82, 2.24) is 9.97 Å². The zero-order valence-electron chi connectivity index (χ0n) is 11.5. The number of methoxy groups -OCH3 is 1. The van der Waals surface area contributed by atoms with Crippen molar-refractivity contribution in [1.29, 1.82) is 0 Å². The predicted molar refractivity (Wildman–Crippen MR) is 82.3 cm³/mol. The summed E-state index contributed by atoms with van der Waals surface area (Å²) in [5.74, 6) is 0. The molecule has 104 valence electrons. The number of thiazole rings is 2. The van der Waals surface area contributed by atoms with Gasteiger partial charge in [0.25, 0.3) is 0 Å². The maximum atomic E-state index is 5.02. The third-order valence-electron chi connectivity index (χ3n) is 2.61. The highest BCUT2D eigenvalue weighted by molar-refractivity contribution is 7.16. The molecule has 0 aliphatic heterocycles. The number of ether oxygens (including phenoxy) is 1. The molecular weight excluding hydrogens is 278 g/mol. The Kier molecular flexibility index (Phi) is 5.30. The summed E-state index contributed by atoms with van der Waals surface area (Å²) in [4.78, 5) is 10.5. The first-order chi connectivity index (χ1) is 9.24. The van der Waals surface area contributed by atoms with Gasteiger partial charge in [-0.15, -0.1) is 22.7 Å². The van der Waals surface area contributed by atoms with Crippen molar-refractivity contribution < 1.29 is 4.74 Å². The molecule has 0 spiro atoms. The summed E-state index contributed by atoms with van der Waals surface area (Å²) < 4.78 is 5.02. The van der Waals surface area contributed by atoms with Crippen LogP contribution in [-0.2, 0) is 11.2 Å². The molecule has 2 rings (SSSR count). The molecule has 0 bridgehead atoms. The molecule has 2 aromatic heterocycles. The van der Waals surface area contributed by atoms with Crippen LogP contribution in [0.3, 0.4) is 0 Å². The molecule has 0 aliphatic rings. The number of nitrogens with zero attached hydrogens (tertiary/aromatic N) is 2. The van der Waals surface area contributed by atoms with E-state index < -0.39 is 0 Å². The molecule has 0 aliphatic carbocycles. The van der Waals surface area contributed by atoms with Crippen LogP contribution >= 0.6 is 22.7 Å². The summed E-state index contributed by atoms with van der Waals surface area (Å²) in [6.45, 7) is 5.71. The summed E-state index contributed by atoms with van der Waals surface area (Å²) >= 11 is 3.36. The molecule has 4 nitrogen and oxygen atoms in total. The fourth-order valence-electron chi connectivity index (χ4n) is 1.80. The number of aromatic nitrogens is 2. The minimum Gasteiger partial charge on any atom is -0.383 e. The van der Waals surface area contributed by atoms with Gasteiger partial charge in [-0.25, -0.2) is 9.97 Å². The van der Waals surface area contributed by atoms with Gasteiger partial charge >= 0.3 is 0 Å². The van der Waals surface area contributed by atoms with Crippen LogP contribution < -0.4 is 5.32 Å². The number of hydrogen-bond acceptors (Lipinski definition) is 6. The van der Waals surface area contributed by atoms with E-state index in [1.807, 2.05) is 0 Å². The summed E-state index contributed by atoms with van der Waals surface area (Å²) in [5, 5.41) is 7.42. The van der Waals surface area contributed by atoms with Gasteiger partial charge in [-0.3, -0.25) is 0 Å². The van der Waals surface area contributed by atoms with Crippen molar-refractivity contribution >= 4 is 27.8 Å². The van der Waals surface area contributed by atoms with Crippen LogP contribution in [0.4, 0.5) is 5.13 Å². The Labute approximate surface area is 121 Å². The fourth-order valence-corrected chi connectivity index (χ4v) is 3.53. The van der Waals surface area contributed by atoms with Gasteiger partial charge in [0.05, 0.1) is 27.9 Å². The molecule has 0 fully saturated rings. The largest absolute Gasteiger partial charge is 0.383 e. The van der Waals surface area contributed by atoms with Gasteiger partial charge in [-0.2, -0.15) is 0 Å². The lowest BCUT2D eigenvalue weighted by atomic mass is 10.2. The van der Waals surface area contributed by atoms with Crippen molar-refractivity contribution in [3.8, 4) is 10.6 Å². The Morgan fingerprint density at radius 2 is 2.21 bits per heavy atom. The Morgan fingerprint density at radius 3 is 2.95 bits per heavy atom. The second-order valence-corrected chi connectivity index (χ2v) is 6.28. The lowest BCUT2D eigenvalue weighted by Gasteiger charge is -2.00. The highest BCUT2D eigenvalue weighted by Gasteiger charge is 2.13.